The second kappa shape index (κ2) is 13.0. The van der Waals surface area contributed by atoms with E-state index < -0.39 is 0 Å². The minimum atomic E-state index is -0.0729. The summed E-state index contributed by atoms with van der Waals surface area (Å²) in [6.45, 7) is 4.17. The molecule has 1 aliphatic rings. The molecule has 4 rings (SSSR count). The van der Waals surface area contributed by atoms with Crippen LogP contribution in [0.3, 0.4) is 0 Å². The number of carbonyl (C=O) groups is 2. The summed E-state index contributed by atoms with van der Waals surface area (Å²) in [6.07, 6.45) is 2.16. The lowest BCUT2D eigenvalue weighted by molar-refractivity contribution is -0.117. The fraction of sp³-hybridized carbons (Fsp3) is 0.333. The van der Waals surface area contributed by atoms with Gasteiger partial charge in [0.1, 0.15) is 11.5 Å². The first-order valence-corrected chi connectivity index (χ1v) is 12.8. The summed E-state index contributed by atoms with van der Waals surface area (Å²) in [7, 11) is 4.05. The maximum absolute atomic E-state index is 12.9. The van der Waals surface area contributed by atoms with Gasteiger partial charge < -0.3 is 19.9 Å². The number of amides is 2. The Morgan fingerprint density at radius 2 is 1.49 bits per heavy atom. The molecule has 0 spiro atoms. The molecule has 1 heterocycles. The number of carbonyl (C=O) groups excluding carboxylic acids is 2. The van der Waals surface area contributed by atoms with E-state index in [1.807, 2.05) is 97.9 Å². The van der Waals surface area contributed by atoms with Crippen LogP contribution in [0.5, 0.6) is 11.5 Å². The van der Waals surface area contributed by atoms with Crippen molar-refractivity contribution in [2.45, 2.75) is 19.4 Å². The molecular formula is C30H36N4O3. The largest absolute Gasteiger partial charge is 0.457 e. The average Bonchev–Trinajstić information content (AvgIpc) is 3.44. The summed E-state index contributed by atoms with van der Waals surface area (Å²) in [5.74, 6) is 1.51. The van der Waals surface area contributed by atoms with E-state index in [0.29, 0.717) is 12.3 Å². The van der Waals surface area contributed by atoms with Crippen LogP contribution in [0.2, 0.25) is 0 Å². The first kappa shape index (κ1) is 26.4. The number of ether oxygens (including phenoxy) is 1. The van der Waals surface area contributed by atoms with Crippen molar-refractivity contribution in [1.29, 1.82) is 0 Å². The number of para-hydroxylation sites is 1. The molecule has 0 aliphatic carbocycles. The van der Waals surface area contributed by atoms with Crippen LogP contribution in [0.4, 0.5) is 5.69 Å². The Kier molecular flexibility index (Phi) is 9.29. The molecule has 3 aromatic rings. The number of nitrogens with zero attached hydrogens (tertiary/aromatic N) is 3. The zero-order chi connectivity index (χ0) is 26.0. The Labute approximate surface area is 219 Å². The summed E-state index contributed by atoms with van der Waals surface area (Å²) in [5.41, 5.74) is 2.53. The van der Waals surface area contributed by atoms with Gasteiger partial charge in [0.2, 0.25) is 5.91 Å². The van der Waals surface area contributed by atoms with Crippen molar-refractivity contribution in [2.24, 2.45) is 0 Å². The van der Waals surface area contributed by atoms with Gasteiger partial charge in [0.05, 0.1) is 6.54 Å². The Bertz CT molecular complexity index is 1140. The molecule has 0 radical (unpaired) electrons. The van der Waals surface area contributed by atoms with Crippen LogP contribution in [-0.2, 0) is 11.3 Å². The Morgan fingerprint density at radius 1 is 0.838 bits per heavy atom. The number of benzene rings is 3. The van der Waals surface area contributed by atoms with Crippen molar-refractivity contribution < 1.29 is 14.3 Å². The van der Waals surface area contributed by atoms with Crippen LogP contribution in [0, 0.1) is 0 Å². The second-order valence-electron chi connectivity index (χ2n) is 9.70. The molecule has 0 aromatic heterocycles. The first-order valence-electron chi connectivity index (χ1n) is 12.8. The molecule has 1 N–H and O–H groups in total. The molecular weight excluding hydrogens is 464 g/mol. The highest BCUT2D eigenvalue weighted by Crippen LogP contribution is 2.22. The van der Waals surface area contributed by atoms with E-state index in [4.69, 9.17) is 4.74 Å². The highest BCUT2D eigenvalue weighted by Gasteiger charge is 2.19. The van der Waals surface area contributed by atoms with Gasteiger partial charge in [0.25, 0.3) is 5.91 Å². The van der Waals surface area contributed by atoms with Gasteiger partial charge in [0, 0.05) is 44.0 Å². The van der Waals surface area contributed by atoms with Crippen molar-refractivity contribution in [3.8, 4) is 11.5 Å². The first-order chi connectivity index (χ1) is 18.0. The van der Waals surface area contributed by atoms with Crippen LogP contribution < -0.4 is 10.1 Å². The van der Waals surface area contributed by atoms with Gasteiger partial charge in [-0.05, 0) is 81.0 Å². The topological polar surface area (TPSA) is 65.1 Å². The molecule has 0 unspecified atom stereocenters. The smallest absolute Gasteiger partial charge is 0.253 e. The number of likely N-dealkylation sites (N-methyl/N-ethyl adjacent to an activating group) is 1. The molecule has 7 nitrogen and oxygen atoms in total. The molecule has 1 saturated heterocycles. The van der Waals surface area contributed by atoms with Crippen molar-refractivity contribution in [1.82, 2.24) is 14.7 Å². The summed E-state index contributed by atoms with van der Waals surface area (Å²) in [5, 5.41) is 2.99. The summed E-state index contributed by atoms with van der Waals surface area (Å²) in [6, 6.07) is 24.8. The molecule has 0 atom stereocenters. The van der Waals surface area contributed by atoms with E-state index in [0.717, 1.165) is 61.6 Å². The van der Waals surface area contributed by atoms with Crippen molar-refractivity contribution >= 4 is 17.5 Å². The quantitative estimate of drug-likeness (QED) is 0.413. The van der Waals surface area contributed by atoms with Gasteiger partial charge in [-0.15, -0.1) is 0 Å². The van der Waals surface area contributed by atoms with Gasteiger partial charge in [0.15, 0.2) is 0 Å². The normalized spacial score (nSPS) is 13.2. The lowest BCUT2D eigenvalue weighted by Gasteiger charge is -2.24. The zero-order valence-electron chi connectivity index (χ0n) is 21.7. The second-order valence-corrected chi connectivity index (χ2v) is 9.70. The Hall–Kier alpha value is -3.68. The molecule has 37 heavy (non-hydrogen) atoms. The van der Waals surface area contributed by atoms with Gasteiger partial charge in [-0.3, -0.25) is 14.5 Å². The Morgan fingerprint density at radius 3 is 2.14 bits per heavy atom. The monoisotopic (exact) mass is 500 g/mol. The average molecular weight is 501 g/mol. The fourth-order valence-electron chi connectivity index (χ4n) is 4.30. The molecule has 1 fully saturated rings. The van der Waals surface area contributed by atoms with Gasteiger partial charge >= 0.3 is 0 Å². The van der Waals surface area contributed by atoms with E-state index in [2.05, 4.69) is 15.1 Å². The molecule has 2 amide bonds. The van der Waals surface area contributed by atoms with Crippen LogP contribution in [0.25, 0.3) is 0 Å². The molecule has 194 valence electrons. The number of hydrogen-bond acceptors (Lipinski definition) is 5. The maximum Gasteiger partial charge on any atom is 0.253 e. The SMILES string of the molecule is CN(C)CCN(CC(=O)Nc1ccc(Oc2ccccc2)cc1)Cc1ccc(C(=O)N2CCCC2)cc1. The summed E-state index contributed by atoms with van der Waals surface area (Å²) < 4.78 is 5.83. The van der Waals surface area contributed by atoms with Crippen LogP contribution in [0.1, 0.15) is 28.8 Å². The van der Waals surface area contributed by atoms with Crippen LogP contribution in [0.15, 0.2) is 78.9 Å². The number of rotatable bonds is 11. The lowest BCUT2D eigenvalue weighted by Crippen LogP contribution is -2.37. The number of nitrogens with one attached hydrogen (secondary N) is 1. The highest BCUT2D eigenvalue weighted by molar-refractivity contribution is 5.94. The van der Waals surface area contributed by atoms with E-state index in [9.17, 15) is 9.59 Å². The van der Waals surface area contributed by atoms with E-state index >= 15 is 0 Å². The van der Waals surface area contributed by atoms with Crippen molar-refractivity contribution in [2.75, 3.05) is 52.1 Å². The summed E-state index contributed by atoms with van der Waals surface area (Å²) >= 11 is 0. The maximum atomic E-state index is 12.9. The van der Waals surface area contributed by atoms with Gasteiger partial charge in [-0.2, -0.15) is 0 Å². The fourth-order valence-corrected chi connectivity index (χ4v) is 4.30. The zero-order valence-corrected chi connectivity index (χ0v) is 21.7. The third-order valence-electron chi connectivity index (χ3n) is 6.35. The third kappa shape index (κ3) is 8.17. The number of likely N-dealkylation sites (tertiary alicyclic amines) is 1. The Balaban J connectivity index is 1.33. The van der Waals surface area contributed by atoms with Crippen molar-refractivity contribution in [3.05, 3.63) is 90.0 Å². The van der Waals surface area contributed by atoms with E-state index in [1.54, 1.807) is 0 Å². The van der Waals surface area contributed by atoms with Crippen LogP contribution in [-0.4, -0.2) is 73.3 Å². The standard InChI is InChI=1S/C30H36N4O3/c1-32(2)20-21-33(22-24-10-12-25(13-11-24)30(36)34-18-6-7-19-34)23-29(35)31-26-14-16-28(17-15-26)37-27-8-4-3-5-9-27/h3-5,8-17H,6-7,18-23H2,1-2H3,(H,31,35). The number of anilines is 1. The highest BCUT2D eigenvalue weighted by atomic mass is 16.5. The molecule has 1 aliphatic heterocycles. The third-order valence-corrected chi connectivity index (χ3v) is 6.35. The minimum Gasteiger partial charge on any atom is -0.457 e. The molecule has 0 bridgehead atoms. The molecule has 7 heteroatoms. The molecule has 0 saturated carbocycles. The van der Waals surface area contributed by atoms with Crippen molar-refractivity contribution in [3.63, 3.8) is 0 Å². The minimum absolute atomic E-state index is 0.0729. The lowest BCUT2D eigenvalue weighted by atomic mass is 10.1. The van der Waals surface area contributed by atoms with E-state index in [1.165, 1.54) is 0 Å². The summed E-state index contributed by atoms with van der Waals surface area (Å²) in [4.78, 5) is 31.7. The van der Waals surface area contributed by atoms with Crippen LogP contribution >= 0.6 is 0 Å². The van der Waals surface area contributed by atoms with E-state index in [-0.39, 0.29) is 18.4 Å². The van der Waals surface area contributed by atoms with Gasteiger partial charge in [-0.25, -0.2) is 0 Å². The van der Waals surface area contributed by atoms with Gasteiger partial charge in [-0.1, -0.05) is 30.3 Å². The predicted molar refractivity (Wildman–Crippen MR) is 147 cm³/mol. The molecule has 3 aromatic carbocycles. The predicted octanol–water partition coefficient (Wildman–Crippen LogP) is 4.72. The number of hydrogen-bond donors (Lipinski definition) is 1.